The van der Waals surface area contributed by atoms with Crippen molar-refractivity contribution in [2.75, 3.05) is 5.88 Å². The lowest BCUT2D eigenvalue weighted by atomic mass is 10.1. The number of pyridine rings is 1. The van der Waals surface area contributed by atoms with E-state index in [4.69, 9.17) is 0 Å². The van der Waals surface area contributed by atoms with E-state index in [0.717, 1.165) is 27.7 Å². The summed E-state index contributed by atoms with van der Waals surface area (Å²) >= 11 is 1.70. The lowest BCUT2D eigenvalue weighted by Gasteiger charge is -2.02. The minimum atomic E-state index is 0.843. The molecular weight excluding hydrogens is 230 g/mol. The number of aromatic nitrogens is 1. The second-order valence-corrected chi connectivity index (χ2v) is 4.63. The van der Waals surface area contributed by atoms with Crippen LogP contribution >= 0.6 is 11.8 Å². The van der Waals surface area contributed by atoms with Crippen molar-refractivity contribution in [3.05, 3.63) is 54.2 Å². The highest BCUT2D eigenvalue weighted by atomic mass is 32.2. The van der Waals surface area contributed by atoms with Crippen LogP contribution in [0.2, 0.25) is 0 Å². The average molecular weight is 241 g/mol. The predicted octanol–water partition coefficient (Wildman–Crippen LogP) is 2.70. The largest absolute Gasteiger partial charge is 0.299 e. The highest BCUT2D eigenvalue weighted by Crippen LogP contribution is 2.20. The molecule has 0 spiro atoms. The van der Waals surface area contributed by atoms with Crippen LogP contribution in [0.25, 0.3) is 11.3 Å². The van der Waals surface area contributed by atoms with Crippen LogP contribution in [0.4, 0.5) is 0 Å². The van der Waals surface area contributed by atoms with E-state index in [1.165, 1.54) is 0 Å². The van der Waals surface area contributed by atoms with Gasteiger partial charge in [-0.1, -0.05) is 42.1 Å². The SMILES string of the molecule is c1ccc(-c2ccc(C3=NNCS3)cn2)cc1. The zero-order valence-corrected chi connectivity index (χ0v) is 9.95. The molecule has 0 amide bonds. The van der Waals surface area contributed by atoms with E-state index >= 15 is 0 Å². The first-order valence-corrected chi connectivity index (χ1v) is 6.37. The van der Waals surface area contributed by atoms with Gasteiger partial charge in [-0.05, 0) is 12.1 Å². The van der Waals surface area contributed by atoms with Gasteiger partial charge in [0.2, 0.25) is 0 Å². The number of nitrogens with one attached hydrogen (secondary N) is 1. The number of thioether (sulfide) groups is 1. The average Bonchev–Trinajstić information content (AvgIpc) is 2.94. The van der Waals surface area contributed by atoms with Crippen LogP contribution < -0.4 is 5.43 Å². The zero-order valence-electron chi connectivity index (χ0n) is 9.13. The Labute approximate surface area is 104 Å². The smallest absolute Gasteiger partial charge is 0.127 e. The number of hydrogen-bond donors (Lipinski definition) is 1. The topological polar surface area (TPSA) is 37.3 Å². The molecule has 3 rings (SSSR count). The highest BCUT2D eigenvalue weighted by Gasteiger charge is 2.10. The highest BCUT2D eigenvalue weighted by molar-refractivity contribution is 8.14. The molecule has 1 N–H and O–H groups in total. The van der Waals surface area contributed by atoms with Gasteiger partial charge in [0.1, 0.15) is 5.04 Å². The van der Waals surface area contributed by atoms with Crippen LogP contribution in [0.3, 0.4) is 0 Å². The summed E-state index contributed by atoms with van der Waals surface area (Å²) in [6, 6.07) is 14.3. The van der Waals surface area contributed by atoms with Gasteiger partial charge in [-0.2, -0.15) is 5.10 Å². The Morgan fingerprint density at radius 2 is 1.88 bits per heavy atom. The quantitative estimate of drug-likeness (QED) is 0.878. The standard InChI is InChI=1S/C13H11N3S/c1-2-4-10(5-3-1)12-7-6-11(8-14-12)13-16-15-9-17-13/h1-8,15H,9H2. The minimum absolute atomic E-state index is 0.843. The molecule has 0 saturated carbocycles. The molecule has 1 aliphatic heterocycles. The molecule has 0 atom stereocenters. The Kier molecular flexibility index (Phi) is 2.80. The number of benzene rings is 1. The first-order chi connectivity index (χ1) is 8.43. The van der Waals surface area contributed by atoms with Gasteiger partial charge in [0.25, 0.3) is 0 Å². The maximum atomic E-state index is 4.47. The maximum absolute atomic E-state index is 4.47. The summed E-state index contributed by atoms with van der Waals surface area (Å²) in [5, 5.41) is 5.21. The lowest BCUT2D eigenvalue weighted by Crippen LogP contribution is -1.95. The Morgan fingerprint density at radius 3 is 2.53 bits per heavy atom. The van der Waals surface area contributed by atoms with Crippen molar-refractivity contribution in [3.63, 3.8) is 0 Å². The van der Waals surface area contributed by atoms with Gasteiger partial charge < -0.3 is 0 Å². The molecule has 17 heavy (non-hydrogen) atoms. The van der Waals surface area contributed by atoms with E-state index < -0.39 is 0 Å². The van der Waals surface area contributed by atoms with E-state index in [2.05, 4.69) is 33.7 Å². The predicted molar refractivity (Wildman–Crippen MR) is 71.8 cm³/mol. The summed E-state index contributed by atoms with van der Waals surface area (Å²) in [5.74, 6) is 0.843. The molecule has 0 fully saturated rings. The molecule has 84 valence electrons. The van der Waals surface area contributed by atoms with Crippen molar-refractivity contribution in [1.29, 1.82) is 0 Å². The van der Waals surface area contributed by atoms with Crippen molar-refractivity contribution in [1.82, 2.24) is 10.4 Å². The molecule has 2 aromatic rings. The molecule has 0 radical (unpaired) electrons. The van der Waals surface area contributed by atoms with Gasteiger partial charge in [-0.15, -0.1) is 0 Å². The third-order valence-electron chi connectivity index (χ3n) is 2.53. The van der Waals surface area contributed by atoms with E-state index in [0.29, 0.717) is 0 Å². The number of hydrazone groups is 1. The van der Waals surface area contributed by atoms with Crippen LogP contribution in [0, 0.1) is 0 Å². The van der Waals surface area contributed by atoms with Crippen molar-refractivity contribution >= 4 is 16.8 Å². The van der Waals surface area contributed by atoms with Crippen molar-refractivity contribution < 1.29 is 0 Å². The molecule has 1 aromatic carbocycles. The van der Waals surface area contributed by atoms with Gasteiger partial charge in [0, 0.05) is 17.3 Å². The molecule has 3 nitrogen and oxygen atoms in total. The monoisotopic (exact) mass is 241 g/mol. The number of rotatable bonds is 2. The first kappa shape index (κ1) is 10.4. The summed E-state index contributed by atoms with van der Waals surface area (Å²) in [7, 11) is 0. The molecule has 0 saturated heterocycles. The second kappa shape index (κ2) is 4.59. The first-order valence-electron chi connectivity index (χ1n) is 5.39. The molecule has 2 heterocycles. The fourth-order valence-corrected chi connectivity index (χ4v) is 2.37. The Bertz CT molecular complexity index is 534. The van der Waals surface area contributed by atoms with Crippen molar-refractivity contribution in [2.24, 2.45) is 5.10 Å². The van der Waals surface area contributed by atoms with Gasteiger partial charge in [-0.25, -0.2) is 0 Å². The van der Waals surface area contributed by atoms with Crippen LogP contribution in [-0.4, -0.2) is 15.9 Å². The van der Waals surface area contributed by atoms with Gasteiger partial charge in [-0.3, -0.25) is 10.4 Å². The van der Waals surface area contributed by atoms with Gasteiger partial charge >= 0.3 is 0 Å². The Hall–Kier alpha value is -1.81. The Morgan fingerprint density at radius 1 is 1.00 bits per heavy atom. The van der Waals surface area contributed by atoms with Crippen LogP contribution in [-0.2, 0) is 0 Å². The fraction of sp³-hybridized carbons (Fsp3) is 0.0769. The van der Waals surface area contributed by atoms with E-state index in [9.17, 15) is 0 Å². The van der Waals surface area contributed by atoms with Crippen LogP contribution in [0.15, 0.2) is 53.8 Å². The molecule has 1 aliphatic rings. The zero-order chi connectivity index (χ0) is 11.5. The normalized spacial score (nSPS) is 14.2. The van der Waals surface area contributed by atoms with Gasteiger partial charge in [0.15, 0.2) is 0 Å². The summed E-state index contributed by atoms with van der Waals surface area (Å²) in [4.78, 5) is 4.47. The second-order valence-electron chi connectivity index (χ2n) is 3.66. The summed E-state index contributed by atoms with van der Waals surface area (Å²) in [6.45, 7) is 0. The summed E-state index contributed by atoms with van der Waals surface area (Å²) < 4.78 is 0. The lowest BCUT2D eigenvalue weighted by molar-refractivity contribution is 0.893. The fourth-order valence-electron chi connectivity index (χ4n) is 1.68. The third kappa shape index (κ3) is 2.17. The van der Waals surface area contributed by atoms with E-state index in [1.54, 1.807) is 11.8 Å². The number of nitrogens with zero attached hydrogens (tertiary/aromatic N) is 2. The van der Waals surface area contributed by atoms with Gasteiger partial charge in [0.05, 0.1) is 11.6 Å². The van der Waals surface area contributed by atoms with E-state index in [1.807, 2.05) is 30.5 Å². The molecule has 0 unspecified atom stereocenters. The van der Waals surface area contributed by atoms with Crippen molar-refractivity contribution in [2.45, 2.75) is 0 Å². The minimum Gasteiger partial charge on any atom is -0.299 e. The molecular formula is C13H11N3S. The molecule has 0 bridgehead atoms. The van der Waals surface area contributed by atoms with Crippen LogP contribution in [0.5, 0.6) is 0 Å². The summed E-state index contributed by atoms with van der Waals surface area (Å²) in [5.41, 5.74) is 6.14. The summed E-state index contributed by atoms with van der Waals surface area (Å²) in [6.07, 6.45) is 1.88. The molecule has 0 aliphatic carbocycles. The third-order valence-corrected chi connectivity index (χ3v) is 3.41. The van der Waals surface area contributed by atoms with Crippen molar-refractivity contribution in [3.8, 4) is 11.3 Å². The van der Waals surface area contributed by atoms with Crippen LogP contribution in [0.1, 0.15) is 5.56 Å². The number of hydrogen-bond acceptors (Lipinski definition) is 4. The van der Waals surface area contributed by atoms with E-state index in [-0.39, 0.29) is 0 Å². The molecule has 1 aromatic heterocycles. The molecule has 4 heteroatoms. The Balaban J connectivity index is 1.90. The maximum Gasteiger partial charge on any atom is 0.127 e.